The van der Waals surface area contributed by atoms with Gasteiger partial charge in [-0.3, -0.25) is 9.69 Å². The summed E-state index contributed by atoms with van der Waals surface area (Å²) in [4.78, 5) is 16.6. The number of benzene rings is 1. The van der Waals surface area contributed by atoms with Gasteiger partial charge in [0.25, 0.3) is 0 Å². The van der Waals surface area contributed by atoms with E-state index in [1.807, 2.05) is 0 Å². The van der Waals surface area contributed by atoms with Crippen molar-refractivity contribution in [3.8, 4) is 5.75 Å². The Morgan fingerprint density at radius 3 is 2.67 bits per heavy atom. The number of ketones is 1. The molecular weight excluding hydrogens is 370 g/mol. The van der Waals surface area contributed by atoms with Crippen LogP contribution in [0.4, 0.5) is 0 Å². The molecule has 0 N–H and O–H groups in total. The normalized spacial score (nSPS) is 44.2. The number of ether oxygens (including phenoxy) is 1. The van der Waals surface area contributed by atoms with Crippen molar-refractivity contribution < 1.29 is 9.53 Å². The van der Waals surface area contributed by atoms with Gasteiger partial charge in [-0.05, 0) is 111 Å². The highest BCUT2D eigenvalue weighted by Crippen LogP contribution is 2.65. The van der Waals surface area contributed by atoms with E-state index in [9.17, 15) is 4.79 Å². The molecule has 1 aliphatic heterocycles. The van der Waals surface area contributed by atoms with Crippen LogP contribution in [-0.2, 0) is 16.6 Å². The molecule has 6 aliphatic carbocycles. The van der Waals surface area contributed by atoms with Crippen LogP contribution in [0.5, 0.6) is 5.75 Å². The number of likely N-dealkylation sites (tertiary alicyclic amines) is 1. The minimum atomic E-state index is 0.0720. The van der Waals surface area contributed by atoms with Crippen molar-refractivity contribution in [2.45, 2.75) is 69.2 Å². The van der Waals surface area contributed by atoms with Crippen LogP contribution >= 0.6 is 0 Å². The zero-order valence-corrected chi connectivity index (χ0v) is 18.3. The fraction of sp³-hybridized carbons (Fsp3) is 0.741. The molecule has 3 heteroatoms. The summed E-state index contributed by atoms with van der Waals surface area (Å²) in [6.45, 7) is 2.50. The lowest BCUT2D eigenvalue weighted by Crippen LogP contribution is -2.69. The minimum absolute atomic E-state index is 0.0720. The lowest BCUT2D eigenvalue weighted by Gasteiger charge is -2.66. The van der Waals surface area contributed by atoms with Crippen molar-refractivity contribution in [3.05, 3.63) is 29.3 Å². The van der Waals surface area contributed by atoms with Gasteiger partial charge < -0.3 is 4.74 Å². The van der Waals surface area contributed by atoms with Gasteiger partial charge in [0.05, 0.1) is 7.11 Å². The number of fused-ring (bicyclic) bond motifs is 3. The fourth-order valence-corrected chi connectivity index (χ4v) is 9.10. The molecule has 5 saturated carbocycles. The maximum Gasteiger partial charge on any atom is 0.137 e. The largest absolute Gasteiger partial charge is 0.497 e. The van der Waals surface area contributed by atoms with Crippen LogP contribution in [0.2, 0.25) is 0 Å². The Labute approximate surface area is 180 Å². The smallest absolute Gasteiger partial charge is 0.137 e. The summed E-state index contributed by atoms with van der Waals surface area (Å²) in [7, 11) is 1.78. The first-order valence-corrected chi connectivity index (χ1v) is 12.6. The average Bonchev–Trinajstić information content (AvgIpc) is 3.60. The third-order valence-corrected chi connectivity index (χ3v) is 10.4. The van der Waals surface area contributed by atoms with Gasteiger partial charge in [0.1, 0.15) is 11.5 Å². The molecule has 4 bridgehead atoms. The van der Waals surface area contributed by atoms with Crippen LogP contribution < -0.4 is 4.74 Å². The van der Waals surface area contributed by atoms with Crippen LogP contribution in [0.25, 0.3) is 0 Å². The number of rotatable bonds is 3. The maximum absolute atomic E-state index is 13.8. The van der Waals surface area contributed by atoms with E-state index in [4.69, 9.17) is 4.74 Å². The van der Waals surface area contributed by atoms with Crippen LogP contribution in [0.1, 0.15) is 62.5 Å². The summed E-state index contributed by atoms with van der Waals surface area (Å²) < 4.78 is 5.66. The third kappa shape index (κ3) is 2.39. The second-order valence-electron chi connectivity index (χ2n) is 11.6. The summed E-state index contributed by atoms with van der Waals surface area (Å²) in [5.74, 6) is 5.73. The van der Waals surface area contributed by atoms with Crippen LogP contribution in [0.3, 0.4) is 0 Å². The number of carbonyl (C=O) groups is 1. The Hall–Kier alpha value is -1.35. The van der Waals surface area contributed by atoms with Crippen molar-refractivity contribution >= 4 is 5.78 Å². The van der Waals surface area contributed by atoms with Gasteiger partial charge >= 0.3 is 0 Å². The first-order chi connectivity index (χ1) is 14.7. The molecule has 8 rings (SSSR count). The first-order valence-electron chi connectivity index (χ1n) is 12.6. The summed E-state index contributed by atoms with van der Waals surface area (Å²) in [6.07, 6.45) is 11.4. The molecular formula is C27H35NO2. The van der Waals surface area contributed by atoms with Gasteiger partial charge in [-0.1, -0.05) is 6.07 Å². The molecule has 1 saturated heterocycles. The van der Waals surface area contributed by atoms with Crippen molar-refractivity contribution in [1.29, 1.82) is 0 Å². The van der Waals surface area contributed by atoms with Crippen LogP contribution in [-0.4, -0.2) is 36.9 Å². The van der Waals surface area contributed by atoms with Crippen molar-refractivity contribution in [2.24, 2.45) is 35.5 Å². The zero-order valence-electron chi connectivity index (χ0n) is 18.3. The van der Waals surface area contributed by atoms with E-state index in [-0.39, 0.29) is 5.41 Å². The summed E-state index contributed by atoms with van der Waals surface area (Å²) in [6, 6.07) is 7.44. The number of hydrogen-bond donors (Lipinski definition) is 0. The van der Waals surface area contributed by atoms with Crippen LogP contribution in [0.15, 0.2) is 18.2 Å². The molecule has 1 aromatic carbocycles. The predicted molar refractivity (Wildman–Crippen MR) is 117 cm³/mol. The fourth-order valence-electron chi connectivity index (χ4n) is 9.10. The molecule has 6 fully saturated rings. The van der Waals surface area contributed by atoms with E-state index in [0.717, 1.165) is 24.0 Å². The van der Waals surface area contributed by atoms with Gasteiger partial charge in [-0.15, -0.1) is 0 Å². The highest BCUT2D eigenvalue weighted by Gasteiger charge is 2.65. The molecule has 0 radical (unpaired) electrons. The van der Waals surface area contributed by atoms with Gasteiger partial charge in [0.15, 0.2) is 0 Å². The Morgan fingerprint density at radius 2 is 1.90 bits per heavy atom. The summed E-state index contributed by atoms with van der Waals surface area (Å²) >= 11 is 0. The highest BCUT2D eigenvalue weighted by molar-refractivity contribution is 5.85. The molecule has 160 valence electrons. The second kappa shape index (κ2) is 6.34. The Balaban J connectivity index is 1.39. The van der Waals surface area contributed by atoms with Gasteiger partial charge in [0, 0.05) is 30.3 Å². The molecule has 0 spiro atoms. The molecule has 5 atom stereocenters. The molecule has 1 unspecified atom stereocenters. The molecule has 1 heterocycles. The SMILES string of the molecule is COc1ccc2c(c1)[C@]13CCN(CC4CC4)[C@H](C2)[C@@H]1C1C2CCC(CC2)[C@H]1C(=O)C3. The van der Waals surface area contributed by atoms with E-state index in [1.54, 1.807) is 7.11 Å². The van der Waals surface area contributed by atoms with E-state index >= 15 is 0 Å². The lowest BCUT2D eigenvalue weighted by atomic mass is 9.40. The number of piperidine rings is 1. The Bertz CT molecular complexity index is 883. The summed E-state index contributed by atoms with van der Waals surface area (Å²) in [5.41, 5.74) is 3.06. The second-order valence-corrected chi connectivity index (χ2v) is 11.6. The third-order valence-electron chi connectivity index (χ3n) is 10.4. The number of nitrogens with zero attached hydrogens (tertiary/aromatic N) is 1. The summed E-state index contributed by atoms with van der Waals surface area (Å²) in [5, 5.41) is 0. The molecule has 0 amide bonds. The number of methoxy groups -OCH3 is 1. The maximum atomic E-state index is 13.8. The number of hydrogen-bond acceptors (Lipinski definition) is 3. The number of carbonyl (C=O) groups excluding carboxylic acids is 1. The topological polar surface area (TPSA) is 29.5 Å². The van der Waals surface area contributed by atoms with Crippen LogP contribution in [0, 0.1) is 35.5 Å². The monoisotopic (exact) mass is 405 g/mol. The van der Waals surface area contributed by atoms with E-state index in [0.29, 0.717) is 35.5 Å². The van der Waals surface area contributed by atoms with Gasteiger partial charge in [-0.25, -0.2) is 0 Å². The van der Waals surface area contributed by atoms with Gasteiger partial charge in [-0.2, -0.15) is 0 Å². The highest BCUT2D eigenvalue weighted by atomic mass is 16.5. The molecule has 0 aromatic heterocycles. The van der Waals surface area contributed by atoms with E-state index in [1.165, 1.54) is 75.6 Å². The molecule has 1 aromatic rings. The average molecular weight is 406 g/mol. The lowest BCUT2D eigenvalue weighted by molar-refractivity contribution is -0.161. The Morgan fingerprint density at radius 1 is 1.10 bits per heavy atom. The quantitative estimate of drug-likeness (QED) is 0.735. The predicted octanol–water partition coefficient (Wildman–Crippen LogP) is 4.61. The first kappa shape index (κ1) is 18.2. The van der Waals surface area contributed by atoms with E-state index in [2.05, 4.69) is 23.1 Å². The molecule has 30 heavy (non-hydrogen) atoms. The molecule has 7 aliphatic rings. The standard InChI is InChI=1S/C27H35NO2/c1-30-20-9-8-19-12-22-26-25-18-6-4-17(5-7-18)24(25)23(29)14-27(26,21(19)13-20)10-11-28(22)15-16-2-3-16/h8-9,13,16-18,22,24-26H,2-7,10-12,14-15H2,1H3/t17?,18?,22-,24+,25?,26-,27-/m1/s1. The molecule has 3 nitrogen and oxygen atoms in total. The minimum Gasteiger partial charge on any atom is -0.497 e. The van der Waals surface area contributed by atoms with E-state index < -0.39 is 0 Å². The zero-order chi connectivity index (χ0) is 20.0. The number of Topliss-reactive ketones (excluding diaryl/α,β-unsaturated/α-hetero) is 1. The Kier molecular flexibility index (Phi) is 3.86. The van der Waals surface area contributed by atoms with Crippen molar-refractivity contribution in [1.82, 2.24) is 4.90 Å². The van der Waals surface area contributed by atoms with Gasteiger partial charge in [0.2, 0.25) is 0 Å². The van der Waals surface area contributed by atoms with Crippen molar-refractivity contribution in [3.63, 3.8) is 0 Å². The van der Waals surface area contributed by atoms with Crippen molar-refractivity contribution in [2.75, 3.05) is 20.2 Å².